The van der Waals surface area contributed by atoms with Crippen molar-refractivity contribution in [1.82, 2.24) is 4.98 Å². The highest BCUT2D eigenvalue weighted by Crippen LogP contribution is 2.22. The van der Waals surface area contributed by atoms with Gasteiger partial charge in [-0.2, -0.15) is 0 Å². The fourth-order valence-electron chi connectivity index (χ4n) is 1.26. The van der Waals surface area contributed by atoms with Crippen molar-refractivity contribution in [2.75, 3.05) is 0 Å². The number of nitrogens with zero attached hydrogens (tertiary/aromatic N) is 1. The molecule has 5 heteroatoms. The van der Waals surface area contributed by atoms with E-state index in [1.807, 2.05) is 0 Å². The van der Waals surface area contributed by atoms with Crippen LogP contribution in [0.2, 0.25) is 0 Å². The SMILES string of the molecule is N=C(N)c1cccc(Oc2ccccc2F)n1. The van der Waals surface area contributed by atoms with Gasteiger partial charge in [-0.25, -0.2) is 9.37 Å². The van der Waals surface area contributed by atoms with Crippen LogP contribution in [0.25, 0.3) is 0 Å². The van der Waals surface area contributed by atoms with Gasteiger partial charge < -0.3 is 10.5 Å². The number of nitrogen functional groups attached to an aromatic ring is 1. The Balaban J connectivity index is 2.28. The van der Waals surface area contributed by atoms with Gasteiger partial charge in [-0.15, -0.1) is 0 Å². The van der Waals surface area contributed by atoms with Crippen LogP contribution < -0.4 is 10.5 Å². The van der Waals surface area contributed by atoms with E-state index in [-0.39, 0.29) is 17.5 Å². The maximum absolute atomic E-state index is 13.3. The largest absolute Gasteiger partial charge is 0.436 e. The van der Waals surface area contributed by atoms with E-state index in [2.05, 4.69) is 4.98 Å². The second-order valence-electron chi connectivity index (χ2n) is 3.31. The van der Waals surface area contributed by atoms with E-state index in [0.717, 1.165) is 0 Å². The molecule has 0 radical (unpaired) electrons. The number of hydrogen-bond donors (Lipinski definition) is 2. The summed E-state index contributed by atoms with van der Waals surface area (Å²) in [5, 5.41) is 7.24. The lowest BCUT2D eigenvalue weighted by Gasteiger charge is -2.06. The van der Waals surface area contributed by atoms with E-state index in [4.69, 9.17) is 15.9 Å². The Labute approximate surface area is 97.4 Å². The van der Waals surface area contributed by atoms with Crippen molar-refractivity contribution < 1.29 is 9.13 Å². The average Bonchev–Trinajstić information content (AvgIpc) is 2.32. The van der Waals surface area contributed by atoms with Crippen LogP contribution in [0.5, 0.6) is 11.6 Å². The van der Waals surface area contributed by atoms with Gasteiger partial charge in [0.2, 0.25) is 5.88 Å². The molecule has 0 aliphatic carbocycles. The Bertz CT molecular complexity index is 557. The number of halogens is 1. The zero-order valence-electron chi connectivity index (χ0n) is 8.85. The first-order valence-electron chi connectivity index (χ1n) is 4.90. The molecule has 0 saturated carbocycles. The van der Waals surface area contributed by atoms with Crippen molar-refractivity contribution in [3.05, 3.63) is 54.0 Å². The van der Waals surface area contributed by atoms with Gasteiger partial charge in [-0.3, -0.25) is 5.41 Å². The van der Waals surface area contributed by atoms with Gasteiger partial charge in [-0.05, 0) is 18.2 Å². The molecule has 2 rings (SSSR count). The normalized spacial score (nSPS) is 9.94. The second-order valence-corrected chi connectivity index (χ2v) is 3.31. The first-order chi connectivity index (χ1) is 8.16. The summed E-state index contributed by atoms with van der Waals surface area (Å²) in [6.45, 7) is 0. The van der Waals surface area contributed by atoms with Crippen LogP contribution >= 0.6 is 0 Å². The van der Waals surface area contributed by atoms with Gasteiger partial charge in [0.05, 0.1) is 0 Å². The molecule has 2 aromatic rings. The van der Waals surface area contributed by atoms with Gasteiger partial charge in [0.1, 0.15) is 11.5 Å². The number of pyridine rings is 1. The van der Waals surface area contributed by atoms with E-state index in [1.165, 1.54) is 12.1 Å². The number of nitrogens with two attached hydrogens (primary N) is 1. The van der Waals surface area contributed by atoms with E-state index in [0.29, 0.717) is 5.69 Å². The van der Waals surface area contributed by atoms with Crippen LogP contribution in [0, 0.1) is 11.2 Å². The molecule has 1 aromatic carbocycles. The smallest absolute Gasteiger partial charge is 0.220 e. The lowest BCUT2D eigenvalue weighted by molar-refractivity contribution is 0.427. The number of para-hydroxylation sites is 1. The fourth-order valence-corrected chi connectivity index (χ4v) is 1.26. The van der Waals surface area contributed by atoms with Crippen LogP contribution in [0.15, 0.2) is 42.5 Å². The molecule has 0 aliphatic heterocycles. The Morgan fingerprint density at radius 1 is 1.18 bits per heavy atom. The molecule has 1 aromatic heterocycles. The third-order valence-electron chi connectivity index (χ3n) is 2.05. The molecular formula is C12H10FN3O. The van der Waals surface area contributed by atoms with Gasteiger partial charge in [0.15, 0.2) is 11.6 Å². The molecule has 0 aliphatic rings. The van der Waals surface area contributed by atoms with Gasteiger partial charge >= 0.3 is 0 Å². The van der Waals surface area contributed by atoms with Crippen molar-refractivity contribution in [2.24, 2.45) is 5.73 Å². The molecule has 4 nitrogen and oxygen atoms in total. The monoisotopic (exact) mass is 231 g/mol. The first-order valence-corrected chi connectivity index (χ1v) is 4.90. The summed E-state index contributed by atoms with van der Waals surface area (Å²) < 4.78 is 18.6. The predicted molar refractivity (Wildman–Crippen MR) is 61.7 cm³/mol. The number of hydrogen-bond acceptors (Lipinski definition) is 3. The molecule has 17 heavy (non-hydrogen) atoms. The summed E-state index contributed by atoms with van der Waals surface area (Å²) in [6, 6.07) is 10.8. The highest BCUT2D eigenvalue weighted by Gasteiger charge is 2.05. The summed E-state index contributed by atoms with van der Waals surface area (Å²) >= 11 is 0. The predicted octanol–water partition coefficient (Wildman–Crippen LogP) is 2.30. The van der Waals surface area contributed by atoms with Crippen LogP contribution in [0.4, 0.5) is 4.39 Å². The summed E-state index contributed by atoms with van der Waals surface area (Å²) in [6.07, 6.45) is 0. The third-order valence-corrected chi connectivity index (χ3v) is 2.05. The number of rotatable bonds is 3. The van der Waals surface area contributed by atoms with Crippen LogP contribution in [-0.2, 0) is 0 Å². The Morgan fingerprint density at radius 2 is 1.94 bits per heavy atom. The first kappa shape index (κ1) is 11.1. The molecule has 0 fully saturated rings. The topological polar surface area (TPSA) is 72.0 Å². The molecule has 0 amide bonds. The van der Waals surface area contributed by atoms with Crippen LogP contribution in [0.3, 0.4) is 0 Å². The molecule has 0 unspecified atom stereocenters. The number of benzene rings is 1. The summed E-state index contributed by atoms with van der Waals surface area (Å²) in [5.41, 5.74) is 5.59. The Kier molecular flexibility index (Phi) is 3.00. The summed E-state index contributed by atoms with van der Waals surface area (Å²) in [4.78, 5) is 3.97. The summed E-state index contributed by atoms with van der Waals surface area (Å²) in [5.74, 6) is -0.352. The molecule has 0 saturated heterocycles. The number of amidine groups is 1. The minimum Gasteiger partial charge on any atom is -0.436 e. The van der Waals surface area contributed by atoms with E-state index in [9.17, 15) is 4.39 Å². The molecule has 0 atom stereocenters. The zero-order chi connectivity index (χ0) is 12.3. The molecule has 1 heterocycles. The fraction of sp³-hybridized carbons (Fsp3) is 0. The second kappa shape index (κ2) is 4.61. The number of nitrogens with one attached hydrogen (secondary N) is 1. The van der Waals surface area contributed by atoms with E-state index >= 15 is 0 Å². The van der Waals surface area contributed by atoms with Crippen LogP contribution in [0.1, 0.15) is 5.69 Å². The quantitative estimate of drug-likeness (QED) is 0.628. The Hall–Kier alpha value is -2.43. The van der Waals surface area contributed by atoms with Gasteiger partial charge in [0.25, 0.3) is 0 Å². The van der Waals surface area contributed by atoms with E-state index in [1.54, 1.807) is 30.3 Å². The number of aromatic nitrogens is 1. The van der Waals surface area contributed by atoms with Crippen molar-refractivity contribution in [3.63, 3.8) is 0 Å². The summed E-state index contributed by atoms with van der Waals surface area (Å²) in [7, 11) is 0. The maximum atomic E-state index is 13.3. The number of ether oxygens (including phenoxy) is 1. The molecular weight excluding hydrogens is 221 g/mol. The van der Waals surface area contributed by atoms with Crippen molar-refractivity contribution in [3.8, 4) is 11.6 Å². The van der Waals surface area contributed by atoms with Crippen molar-refractivity contribution in [2.45, 2.75) is 0 Å². The standard InChI is InChI=1S/C12H10FN3O/c13-8-4-1-2-6-10(8)17-11-7-3-5-9(16-11)12(14)15/h1-7H,(H3,14,15). The van der Waals surface area contributed by atoms with Gasteiger partial charge in [0, 0.05) is 6.07 Å². The van der Waals surface area contributed by atoms with Crippen LogP contribution in [-0.4, -0.2) is 10.8 Å². The Morgan fingerprint density at radius 3 is 2.65 bits per heavy atom. The highest BCUT2D eigenvalue weighted by atomic mass is 19.1. The van der Waals surface area contributed by atoms with Crippen molar-refractivity contribution in [1.29, 1.82) is 5.41 Å². The third kappa shape index (κ3) is 2.57. The lowest BCUT2D eigenvalue weighted by Crippen LogP contribution is -2.13. The molecule has 86 valence electrons. The minimum atomic E-state index is -0.470. The maximum Gasteiger partial charge on any atom is 0.220 e. The minimum absolute atomic E-state index is 0.0840. The van der Waals surface area contributed by atoms with Gasteiger partial charge in [-0.1, -0.05) is 18.2 Å². The molecule has 0 spiro atoms. The zero-order valence-corrected chi connectivity index (χ0v) is 8.85. The molecule has 3 N–H and O–H groups in total. The highest BCUT2D eigenvalue weighted by molar-refractivity contribution is 5.93. The van der Waals surface area contributed by atoms with E-state index < -0.39 is 5.82 Å². The molecule has 0 bridgehead atoms. The average molecular weight is 231 g/mol. The van der Waals surface area contributed by atoms with Crippen molar-refractivity contribution >= 4 is 5.84 Å². The lowest BCUT2D eigenvalue weighted by atomic mass is 10.3.